The van der Waals surface area contributed by atoms with Crippen molar-refractivity contribution >= 4 is 23.5 Å². The molecule has 0 saturated carbocycles. The Morgan fingerprint density at radius 3 is 2.81 bits per heavy atom. The summed E-state index contributed by atoms with van der Waals surface area (Å²) in [5, 5.41) is 10.1. The molecule has 1 aromatic carbocycles. The number of rotatable bonds is 5. The van der Waals surface area contributed by atoms with E-state index in [2.05, 4.69) is 0 Å². The highest BCUT2D eigenvalue weighted by atomic mass is 35.5. The minimum atomic E-state index is -0.789. The normalized spacial score (nSPS) is 21.5. The zero-order chi connectivity index (χ0) is 15.5. The Hall–Kier alpha value is -1.55. The van der Waals surface area contributed by atoms with Crippen molar-refractivity contribution < 1.29 is 14.7 Å². The summed E-state index contributed by atoms with van der Waals surface area (Å²) in [5.41, 5.74) is 0.0921. The van der Waals surface area contributed by atoms with Crippen LogP contribution < -0.4 is 0 Å². The minimum absolute atomic E-state index is 0.0310. The second-order valence-electron chi connectivity index (χ2n) is 5.71. The molecule has 1 aliphatic heterocycles. The molecule has 0 radical (unpaired) electrons. The molecular formula is C16H20ClNO3. The molecule has 1 aromatic rings. The lowest BCUT2D eigenvalue weighted by atomic mass is 9.83. The molecule has 21 heavy (non-hydrogen) atoms. The summed E-state index contributed by atoms with van der Waals surface area (Å²) in [6.07, 6.45) is 2.23. The molecule has 0 bridgehead atoms. The molecule has 2 rings (SSSR count). The van der Waals surface area contributed by atoms with Gasteiger partial charge in [0.25, 0.3) is 0 Å². The molecule has 0 aliphatic carbocycles. The molecule has 1 amide bonds. The highest BCUT2D eigenvalue weighted by molar-refractivity contribution is 6.30. The first-order valence-electron chi connectivity index (χ1n) is 7.22. The van der Waals surface area contributed by atoms with Gasteiger partial charge in [0.1, 0.15) is 0 Å². The van der Waals surface area contributed by atoms with Crippen molar-refractivity contribution in [3.8, 4) is 0 Å². The third kappa shape index (κ3) is 3.56. The van der Waals surface area contributed by atoms with E-state index in [9.17, 15) is 14.7 Å². The predicted molar refractivity (Wildman–Crippen MR) is 81.3 cm³/mol. The number of nitrogens with zero attached hydrogens (tertiary/aromatic N) is 1. The van der Waals surface area contributed by atoms with Crippen LogP contribution in [0.3, 0.4) is 0 Å². The number of carboxylic acid groups (broad SMARTS) is 1. The van der Waals surface area contributed by atoms with Crippen molar-refractivity contribution in [1.29, 1.82) is 0 Å². The number of aliphatic carboxylic acids is 1. The van der Waals surface area contributed by atoms with E-state index >= 15 is 0 Å². The second kappa shape index (κ2) is 6.48. The largest absolute Gasteiger partial charge is 0.481 e. The monoisotopic (exact) mass is 309 g/mol. The quantitative estimate of drug-likeness (QED) is 0.909. The average molecular weight is 310 g/mol. The van der Waals surface area contributed by atoms with Gasteiger partial charge in [0.15, 0.2) is 0 Å². The lowest BCUT2D eigenvalue weighted by Crippen LogP contribution is -2.37. The Morgan fingerprint density at radius 2 is 2.19 bits per heavy atom. The van der Waals surface area contributed by atoms with Gasteiger partial charge in [-0.15, -0.1) is 0 Å². The Morgan fingerprint density at radius 1 is 1.43 bits per heavy atom. The molecule has 1 heterocycles. The van der Waals surface area contributed by atoms with Crippen LogP contribution in [0, 0.1) is 5.41 Å². The van der Waals surface area contributed by atoms with E-state index in [1.54, 1.807) is 17.0 Å². The van der Waals surface area contributed by atoms with Crippen LogP contribution in [0.5, 0.6) is 0 Å². The van der Waals surface area contributed by atoms with Gasteiger partial charge < -0.3 is 10.0 Å². The molecular weight excluding hydrogens is 290 g/mol. The second-order valence-corrected chi connectivity index (χ2v) is 6.14. The smallest absolute Gasteiger partial charge is 0.311 e. The summed E-state index contributed by atoms with van der Waals surface area (Å²) in [7, 11) is 0. The number of hydrogen-bond acceptors (Lipinski definition) is 2. The van der Waals surface area contributed by atoms with E-state index in [1.165, 1.54) is 0 Å². The Kier molecular flexibility index (Phi) is 4.88. The highest BCUT2D eigenvalue weighted by Crippen LogP contribution is 2.35. The Labute approximate surface area is 129 Å². The van der Waals surface area contributed by atoms with Crippen molar-refractivity contribution in [3.05, 3.63) is 34.9 Å². The molecule has 4 nitrogen and oxygen atoms in total. The van der Waals surface area contributed by atoms with Gasteiger partial charge in [-0.1, -0.05) is 37.1 Å². The summed E-state index contributed by atoms with van der Waals surface area (Å²) >= 11 is 5.91. The summed E-state index contributed by atoms with van der Waals surface area (Å²) in [5.74, 6) is -0.820. The molecule has 1 N–H and O–H groups in total. The summed E-state index contributed by atoms with van der Waals surface area (Å²) in [6, 6.07) is 7.21. The number of amides is 1. The molecule has 1 fully saturated rings. The van der Waals surface area contributed by atoms with Crippen LogP contribution in [0.25, 0.3) is 0 Å². The number of carboxylic acids is 1. The van der Waals surface area contributed by atoms with Gasteiger partial charge in [-0.3, -0.25) is 9.59 Å². The van der Waals surface area contributed by atoms with Gasteiger partial charge >= 0.3 is 5.97 Å². The van der Waals surface area contributed by atoms with E-state index < -0.39 is 11.4 Å². The summed E-state index contributed by atoms with van der Waals surface area (Å²) in [6.45, 7) is 2.81. The number of likely N-dealkylation sites (tertiary alicyclic amines) is 1. The topological polar surface area (TPSA) is 57.6 Å². The average Bonchev–Trinajstić information content (AvgIpc) is 2.85. The molecule has 1 saturated heterocycles. The zero-order valence-electron chi connectivity index (χ0n) is 12.1. The number of benzene rings is 1. The molecule has 1 atom stereocenters. The third-order valence-corrected chi connectivity index (χ3v) is 4.37. The third-order valence-electron chi connectivity index (χ3n) is 4.13. The molecule has 1 unspecified atom stereocenters. The van der Waals surface area contributed by atoms with Crippen LogP contribution in [0.15, 0.2) is 24.3 Å². The van der Waals surface area contributed by atoms with Gasteiger partial charge in [0.2, 0.25) is 5.91 Å². The van der Waals surface area contributed by atoms with E-state index in [0.717, 1.165) is 12.0 Å². The van der Waals surface area contributed by atoms with E-state index in [4.69, 9.17) is 11.6 Å². The van der Waals surface area contributed by atoms with Gasteiger partial charge in [-0.25, -0.2) is 0 Å². The molecule has 114 valence electrons. The fourth-order valence-electron chi connectivity index (χ4n) is 2.98. The fraction of sp³-hybridized carbons (Fsp3) is 0.500. The summed E-state index contributed by atoms with van der Waals surface area (Å²) < 4.78 is 0. The Balaban J connectivity index is 2.03. The first-order chi connectivity index (χ1) is 9.97. The van der Waals surface area contributed by atoms with Gasteiger partial charge in [-0.05, 0) is 30.5 Å². The number of hydrogen-bond donors (Lipinski definition) is 1. The highest BCUT2D eigenvalue weighted by Gasteiger charge is 2.45. The van der Waals surface area contributed by atoms with Gasteiger partial charge in [-0.2, -0.15) is 0 Å². The van der Waals surface area contributed by atoms with E-state index in [1.807, 2.05) is 19.1 Å². The predicted octanol–water partition coefficient (Wildman–Crippen LogP) is 2.99. The maximum absolute atomic E-state index is 12.3. The van der Waals surface area contributed by atoms with Gasteiger partial charge in [0, 0.05) is 18.1 Å². The van der Waals surface area contributed by atoms with Crippen LogP contribution in [-0.2, 0) is 16.0 Å². The maximum Gasteiger partial charge on any atom is 0.311 e. The molecule has 0 aromatic heterocycles. The number of carbonyl (C=O) groups excluding carboxylic acids is 1. The minimum Gasteiger partial charge on any atom is -0.481 e. The lowest BCUT2D eigenvalue weighted by molar-refractivity contribution is -0.149. The van der Waals surface area contributed by atoms with E-state index in [-0.39, 0.29) is 12.3 Å². The SMILES string of the molecule is CCCC1(C(=O)O)CCN(C(=O)Cc2cccc(Cl)c2)C1. The van der Waals surface area contributed by atoms with Gasteiger partial charge in [0.05, 0.1) is 11.8 Å². The van der Waals surface area contributed by atoms with Crippen LogP contribution in [0.2, 0.25) is 5.02 Å². The molecule has 5 heteroatoms. The van der Waals surface area contributed by atoms with Crippen molar-refractivity contribution in [1.82, 2.24) is 4.90 Å². The number of halogens is 1. The maximum atomic E-state index is 12.3. The standard InChI is InChI=1S/C16H20ClNO3/c1-2-6-16(15(20)21)7-8-18(11-16)14(19)10-12-4-3-5-13(17)9-12/h3-5,9H,2,6-8,10-11H2,1H3,(H,20,21). The van der Waals surface area contributed by atoms with E-state index in [0.29, 0.717) is 31.0 Å². The molecule has 0 spiro atoms. The van der Waals surface area contributed by atoms with Crippen LogP contribution in [0.1, 0.15) is 31.7 Å². The van der Waals surface area contributed by atoms with Crippen molar-refractivity contribution in [3.63, 3.8) is 0 Å². The van der Waals surface area contributed by atoms with Crippen molar-refractivity contribution in [2.75, 3.05) is 13.1 Å². The Bertz CT molecular complexity index is 546. The fourth-order valence-corrected chi connectivity index (χ4v) is 3.20. The van der Waals surface area contributed by atoms with Crippen molar-refractivity contribution in [2.45, 2.75) is 32.6 Å². The first-order valence-corrected chi connectivity index (χ1v) is 7.60. The molecule has 1 aliphatic rings. The zero-order valence-corrected chi connectivity index (χ0v) is 12.9. The van der Waals surface area contributed by atoms with Crippen molar-refractivity contribution in [2.24, 2.45) is 5.41 Å². The number of carbonyl (C=O) groups is 2. The van der Waals surface area contributed by atoms with Crippen LogP contribution in [-0.4, -0.2) is 35.0 Å². The van der Waals surface area contributed by atoms with Crippen LogP contribution in [0.4, 0.5) is 0 Å². The summed E-state index contributed by atoms with van der Waals surface area (Å²) in [4.78, 5) is 25.5. The van der Waals surface area contributed by atoms with Crippen LogP contribution >= 0.6 is 11.6 Å². The lowest BCUT2D eigenvalue weighted by Gasteiger charge is -2.24. The first kappa shape index (κ1) is 15.8.